The Labute approximate surface area is 82.5 Å². The summed E-state index contributed by atoms with van der Waals surface area (Å²) in [4.78, 5) is 3.19. The molecule has 0 saturated carbocycles. The number of hydrogen-bond donors (Lipinski definition) is 3. The number of benzene rings is 1. The first-order valence-electron chi connectivity index (χ1n) is 4.25. The van der Waals surface area contributed by atoms with Crippen LogP contribution in [0.15, 0.2) is 30.5 Å². The number of nitrogens with two attached hydrogens (primary N) is 1. The van der Waals surface area contributed by atoms with E-state index in [0.29, 0.717) is 5.75 Å². The van der Waals surface area contributed by atoms with Gasteiger partial charge in [0, 0.05) is 28.9 Å². The fraction of sp³-hybridized carbons (Fsp3) is 0.200. The lowest BCUT2D eigenvalue weighted by atomic mass is 10.1. The third-order valence-corrected chi connectivity index (χ3v) is 2.61. The summed E-state index contributed by atoms with van der Waals surface area (Å²) in [6.07, 6.45) is 1.96. The molecule has 1 heterocycles. The van der Waals surface area contributed by atoms with E-state index < -0.39 is 0 Å². The van der Waals surface area contributed by atoms with E-state index in [0.717, 1.165) is 11.1 Å². The molecular weight excluding hydrogens is 180 g/mol. The maximum absolute atomic E-state index is 5.91. The molecule has 0 amide bonds. The molecule has 0 aliphatic carbocycles. The standard InChI is InChI=1S/C10H12N2S/c11-9(6-13)8-5-12-10-4-2-1-3-7(8)10/h1-5,9,12-13H,6,11H2. The summed E-state index contributed by atoms with van der Waals surface area (Å²) in [5.74, 6) is 0.668. The van der Waals surface area contributed by atoms with Crippen LogP contribution in [0.5, 0.6) is 0 Å². The Morgan fingerprint density at radius 1 is 1.38 bits per heavy atom. The molecule has 68 valence electrons. The lowest BCUT2D eigenvalue weighted by molar-refractivity contribution is 0.842. The lowest BCUT2D eigenvalue weighted by Gasteiger charge is -2.05. The lowest BCUT2D eigenvalue weighted by Crippen LogP contribution is -2.10. The number of hydrogen-bond acceptors (Lipinski definition) is 2. The maximum atomic E-state index is 5.91. The van der Waals surface area contributed by atoms with Gasteiger partial charge in [-0.1, -0.05) is 18.2 Å². The Morgan fingerprint density at radius 2 is 2.15 bits per heavy atom. The topological polar surface area (TPSA) is 41.8 Å². The second kappa shape index (κ2) is 3.44. The van der Waals surface area contributed by atoms with Gasteiger partial charge in [-0.2, -0.15) is 12.6 Å². The van der Waals surface area contributed by atoms with Crippen LogP contribution < -0.4 is 5.73 Å². The van der Waals surface area contributed by atoms with E-state index in [1.807, 2.05) is 24.4 Å². The highest BCUT2D eigenvalue weighted by Gasteiger charge is 2.08. The Hall–Kier alpha value is -0.930. The average Bonchev–Trinajstić information content (AvgIpc) is 2.60. The van der Waals surface area contributed by atoms with Gasteiger partial charge in [0.15, 0.2) is 0 Å². The smallest absolute Gasteiger partial charge is 0.0457 e. The fourth-order valence-electron chi connectivity index (χ4n) is 1.50. The highest BCUT2D eigenvalue weighted by molar-refractivity contribution is 7.80. The number of nitrogens with one attached hydrogen (secondary N) is 1. The van der Waals surface area contributed by atoms with Crippen LogP contribution in [0.3, 0.4) is 0 Å². The zero-order chi connectivity index (χ0) is 9.26. The van der Waals surface area contributed by atoms with E-state index in [2.05, 4.69) is 23.7 Å². The van der Waals surface area contributed by atoms with Gasteiger partial charge in [-0.05, 0) is 11.6 Å². The largest absolute Gasteiger partial charge is 0.361 e. The van der Waals surface area contributed by atoms with Crippen molar-refractivity contribution in [3.8, 4) is 0 Å². The summed E-state index contributed by atoms with van der Waals surface area (Å²) in [5, 5.41) is 1.20. The van der Waals surface area contributed by atoms with Crippen molar-refractivity contribution >= 4 is 23.5 Å². The van der Waals surface area contributed by atoms with Crippen molar-refractivity contribution in [3.05, 3.63) is 36.0 Å². The fourth-order valence-corrected chi connectivity index (χ4v) is 1.70. The Morgan fingerprint density at radius 3 is 2.92 bits per heavy atom. The molecule has 2 nitrogen and oxygen atoms in total. The number of para-hydroxylation sites is 1. The van der Waals surface area contributed by atoms with Crippen LogP contribution in [-0.2, 0) is 0 Å². The van der Waals surface area contributed by atoms with Crippen molar-refractivity contribution < 1.29 is 0 Å². The average molecular weight is 192 g/mol. The van der Waals surface area contributed by atoms with Gasteiger partial charge in [0.2, 0.25) is 0 Å². The number of thiol groups is 1. The van der Waals surface area contributed by atoms with Crippen LogP contribution in [0, 0.1) is 0 Å². The second-order valence-electron chi connectivity index (χ2n) is 3.08. The van der Waals surface area contributed by atoms with Crippen molar-refractivity contribution in [1.29, 1.82) is 0 Å². The summed E-state index contributed by atoms with van der Waals surface area (Å²) < 4.78 is 0. The molecule has 0 saturated heterocycles. The molecule has 0 radical (unpaired) electrons. The van der Waals surface area contributed by atoms with Crippen molar-refractivity contribution in [3.63, 3.8) is 0 Å². The second-order valence-corrected chi connectivity index (χ2v) is 3.44. The molecule has 0 fully saturated rings. The number of aromatic nitrogens is 1. The Bertz CT molecular complexity index is 408. The highest BCUT2D eigenvalue weighted by Crippen LogP contribution is 2.22. The van der Waals surface area contributed by atoms with E-state index in [1.54, 1.807) is 0 Å². The van der Waals surface area contributed by atoms with Crippen LogP contribution in [0.4, 0.5) is 0 Å². The first-order valence-corrected chi connectivity index (χ1v) is 4.88. The van der Waals surface area contributed by atoms with Crippen molar-refractivity contribution in [2.24, 2.45) is 5.73 Å². The number of fused-ring (bicyclic) bond motifs is 1. The van der Waals surface area contributed by atoms with Crippen LogP contribution in [0.1, 0.15) is 11.6 Å². The summed E-state index contributed by atoms with van der Waals surface area (Å²) in [5.41, 5.74) is 8.19. The molecular formula is C10H12N2S. The molecule has 0 spiro atoms. The predicted molar refractivity (Wildman–Crippen MR) is 59.1 cm³/mol. The highest BCUT2D eigenvalue weighted by atomic mass is 32.1. The van der Waals surface area contributed by atoms with Gasteiger partial charge in [0.25, 0.3) is 0 Å². The Kier molecular flexibility index (Phi) is 2.29. The molecule has 3 N–H and O–H groups in total. The molecule has 1 atom stereocenters. The van der Waals surface area contributed by atoms with Gasteiger partial charge in [0.1, 0.15) is 0 Å². The van der Waals surface area contributed by atoms with Crippen molar-refractivity contribution in [2.75, 3.05) is 5.75 Å². The number of aromatic amines is 1. The van der Waals surface area contributed by atoms with Crippen LogP contribution in [-0.4, -0.2) is 10.7 Å². The molecule has 0 aliphatic heterocycles. The molecule has 0 aliphatic rings. The number of H-pyrrole nitrogens is 1. The molecule has 1 unspecified atom stereocenters. The van der Waals surface area contributed by atoms with E-state index in [1.165, 1.54) is 5.39 Å². The molecule has 1 aromatic carbocycles. The molecule has 3 heteroatoms. The van der Waals surface area contributed by atoms with Gasteiger partial charge in [0.05, 0.1) is 0 Å². The third-order valence-electron chi connectivity index (χ3n) is 2.22. The zero-order valence-electron chi connectivity index (χ0n) is 7.20. The molecule has 0 bridgehead atoms. The van der Waals surface area contributed by atoms with Crippen LogP contribution in [0.2, 0.25) is 0 Å². The summed E-state index contributed by atoms with van der Waals surface area (Å²) in [6.45, 7) is 0. The zero-order valence-corrected chi connectivity index (χ0v) is 8.09. The van der Waals surface area contributed by atoms with Gasteiger partial charge >= 0.3 is 0 Å². The van der Waals surface area contributed by atoms with E-state index in [9.17, 15) is 0 Å². The normalized spacial score (nSPS) is 13.4. The van der Waals surface area contributed by atoms with Crippen molar-refractivity contribution in [1.82, 2.24) is 4.98 Å². The van der Waals surface area contributed by atoms with Gasteiger partial charge in [-0.25, -0.2) is 0 Å². The minimum Gasteiger partial charge on any atom is -0.361 e. The van der Waals surface area contributed by atoms with Crippen LogP contribution >= 0.6 is 12.6 Å². The SMILES string of the molecule is NC(CS)c1c[nH]c2ccccc12. The first kappa shape index (κ1) is 8.66. The summed E-state index contributed by atoms with van der Waals surface area (Å²) >= 11 is 4.19. The van der Waals surface area contributed by atoms with E-state index >= 15 is 0 Å². The van der Waals surface area contributed by atoms with Crippen molar-refractivity contribution in [2.45, 2.75) is 6.04 Å². The molecule has 1 aromatic heterocycles. The monoisotopic (exact) mass is 192 g/mol. The summed E-state index contributed by atoms with van der Waals surface area (Å²) in [7, 11) is 0. The van der Waals surface area contributed by atoms with Gasteiger partial charge in [-0.15, -0.1) is 0 Å². The minimum absolute atomic E-state index is 0.0134. The van der Waals surface area contributed by atoms with Gasteiger partial charge in [-0.3, -0.25) is 0 Å². The van der Waals surface area contributed by atoms with Crippen LogP contribution in [0.25, 0.3) is 10.9 Å². The molecule has 13 heavy (non-hydrogen) atoms. The Balaban J connectivity index is 2.57. The molecule has 2 rings (SSSR count). The van der Waals surface area contributed by atoms with Gasteiger partial charge < -0.3 is 10.7 Å². The number of rotatable bonds is 2. The minimum atomic E-state index is 0.0134. The summed E-state index contributed by atoms with van der Waals surface area (Å²) in [6, 6.07) is 8.16. The van der Waals surface area contributed by atoms with E-state index in [4.69, 9.17) is 5.73 Å². The third kappa shape index (κ3) is 1.45. The van der Waals surface area contributed by atoms with E-state index in [-0.39, 0.29) is 6.04 Å². The predicted octanol–water partition coefficient (Wildman–Crippen LogP) is 2.10. The first-order chi connectivity index (χ1) is 6.33. The maximum Gasteiger partial charge on any atom is 0.0457 e. The molecule has 2 aromatic rings. The quantitative estimate of drug-likeness (QED) is 0.627.